The molecule has 6 nitrogen and oxygen atoms in total. The molecule has 2 aliphatic heterocycles. The molecule has 0 radical (unpaired) electrons. The third-order valence-corrected chi connectivity index (χ3v) is 3.53. The zero-order valence-electron chi connectivity index (χ0n) is 10.7. The predicted molar refractivity (Wildman–Crippen MR) is 68.5 cm³/mol. The Kier molecular flexibility index (Phi) is 3.12. The van der Waals surface area contributed by atoms with Gasteiger partial charge < -0.3 is 15.0 Å². The number of benzene rings is 1. The van der Waals surface area contributed by atoms with Crippen LogP contribution in [0.15, 0.2) is 24.3 Å². The van der Waals surface area contributed by atoms with E-state index in [0.29, 0.717) is 30.6 Å². The van der Waals surface area contributed by atoms with Gasteiger partial charge in [0.05, 0.1) is 30.7 Å². The number of ether oxygens (including phenoxy) is 1. The quantitative estimate of drug-likeness (QED) is 0.799. The third-order valence-electron chi connectivity index (χ3n) is 3.53. The van der Waals surface area contributed by atoms with Crippen molar-refractivity contribution in [3.8, 4) is 6.07 Å². The van der Waals surface area contributed by atoms with Crippen LogP contribution >= 0.6 is 0 Å². The minimum absolute atomic E-state index is 0.0979. The van der Waals surface area contributed by atoms with Crippen LogP contribution in [0, 0.1) is 11.3 Å². The Morgan fingerprint density at radius 3 is 2.80 bits per heavy atom. The smallest absolute Gasteiger partial charge is 0.251 e. The predicted octanol–water partition coefficient (Wildman–Crippen LogP) is 0.245. The lowest BCUT2D eigenvalue weighted by molar-refractivity contribution is -0.156. The first-order valence-electron chi connectivity index (χ1n) is 6.40. The molecular formula is C14H13N3O3. The largest absolute Gasteiger partial charge is 0.351 e. The van der Waals surface area contributed by atoms with Gasteiger partial charge in [0.25, 0.3) is 5.91 Å². The lowest BCUT2D eigenvalue weighted by Gasteiger charge is -2.31. The van der Waals surface area contributed by atoms with Gasteiger partial charge in [0.15, 0.2) is 0 Å². The molecule has 2 unspecified atom stereocenters. The number of hydrogen-bond acceptors (Lipinski definition) is 4. The van der Waals surface area contributed by atoms with Crippen LogP contribution in [0.25, 0.3) is 0 Å². The van der Waals surface area contributed by atoms with E-state index in [4.69, 9.17) is 10.00 Å². The summed E-state index contributed by atoms with van der Waals surface area (Å²) < 4.78 is 5.60. The normalized spacial score (nSPS) is 23.8. The highest BCUT2D eigenvalue weighted by molar-refractivity contribution is 5.94. The van der Waals surface area contributed by atoms with E-state index in [1.54, 1.807) is 29.2 Å². The Morgan fingerprint density at radius 1 is 1.45 bits per heavy atom. The van der Waals surface area contributed by atoms with E-state index < -0.39 is 0 Å². The van der Waals surface area contributed by atoms with E-state index in [-0.39, 0.29) is 24.1 Å². The van der Waals surface area contributed by atoms with Crippen LogP contribution in [0.2, 0.25) is 0 Å². The number of β-lactam (4-membered cyclic amide) rings is 1. The number of carbonyl (C=O) groups is 2. The molecule has 2 aliphatic rings. The van der Waals surface area contributed by atoms with Crippen molar-refractivity contribution in [3.05, 3.63) is 35.4 Å². The Hall–Kier alpha value is -2.39. The van der Waals surface area contributed by atoms with Gasteiger partial charge in [-0.1, -0.05) is 0 Å². The first-order valence-corrected chi connectivity index (χ1v) is 6.40. The molecule has 2 amide bonds. The molecule has 0 bridgehead atoms. The number of amides is 2. The maximum atomic E-state index is 11.9. The van der Waals surface area contributed by atoms with Crippen LogP contribution in [0.3, 0.4) is 0 Å². The second-order valence-electron chi connectivity index (χ2n) is 4.86. The molecule has 0 spiro atoms. The maximum Gasteiger partial charge on any atom is 0.251 e. The summed E-state index contributed by atoms with van der Waals surface area (Å²) in [5.41, 5.74) is 1.02. The molecule has 3 rings (SSSR count). The first kappa shape index (κ1) is 12.6. The average molecular weight is 271 g/mol. The summed E-state index contributed by atoms with van der Waals surface area (Å²) in [6, 6.07) is 8.43. The van der Waals surface area contributed by atoms with Crippen molar-refractivity contribution in [1.82, 2.24) is 10.2 Å². The highest BCUT2D eigenvalue weighted by Crippen LogP contribution is 2.28. The van der Waals surface area contributed by atoms with Crippen molar-refractivity contribution < 1.29 is 14.3 Å². The summed E-state index contributed by atoms with van der Waals surface area (Å²) in [5.74, 6) is -0.102. The summed E-state index contributed by atoms with van der Waals surface area (Å²) in [7, 11) is 0. The van der Waals surface area contributed by atoms with Crippen molar-refractivity contribution in [1.29, 1.82) is 5.26 Å². The van der Waals surface area contributed by atoms with Gasteiger partial charge in [0.1, 0.15) is 6.23 Å². The third kappa shape index (κ3) is 2.24. The molecule has 0 aromatic heterocycles. The van der Waals surface area contributed by atoms with E-state index >= 15 is 0 Å². The van der Waals surface area contributed by atoms with Gasteiger partial charge in [0, 0.05) is 12.1 Å². The van der Waals surface area contributed by atoms with Gasteiger partial charge >= 0.3 is 0 Å². The molecule has 2 atom stereocenters. The van der Waals surface area contributed by atoms with Gasteiger partial charge in [-0.3, -0.25) is 9.59 Å². The molecule has 20 heavy (non-hydrogen) atoms. The standard InChI is InChI=1S/C14H13N3O3/c15-6-9-1-3-10(4-2-9)14(19)16-7-11-8-17-12(18)5-13(17)20-11/h1-4,11,13H,5,7-8H2,(H,16,19). The van der Waals surface area contributed by atoms with Crippen LogP contribution in [-0.4, -0.2) is 42.1 Å². The monoisotopic (exact) mass is 271 g/mol. The van der Waals surface area contributed by atoms with Crippen molar-refractivity contribution in [2.45, 2.75) is 18.8 Å². The molecule has 2 fully saturated rings. The summed E-state index contributed by atoms with van der Waals surface area (Å²) in [6.07, 6.45) is 0.202. The van der Waals surface area contributed by atoms with Crippen LogP contribution in [0.1, 0.15) is 22.3 Å². The fourth-order valence-electron chi connectivity index (χ4n) is 2.37. The summed E-state index contributed by atoms with van der Waals surface area (Å²) in [6.45, 7) is 0.913. The summed E-state index contributed by atoms with van der Waals surface area (Å²) in [4.78, 5) is 24.8. The molecular weight excluding hydrogens is 258 g/mol. The van der Waals surface area contributed by atoms with Crippen LogP contribution < -0.4 is 5.32 Å². The molecule has 102 valence electrons. The average Bonchev–Trinajstić information content (AvgIpc) is 2.81. The molecule has 2 saturated heterocycles. The number of hydrogen-bond donors (Lipinski definition) is 1. The van der Waals surface area contributed by atoms with E-state index in [1.807, 2.05) is 6.07 Å². The molecule has 1 aromatic rings. The van der Waals surface area contributed by atoms with Crippen LogP contribution in [-0.2, 0) is 9.53 Å². The number of rotatable bonds is 3. The van der Waals surface area contributed by atoms with E-state index in [1.165, 1.54) is 0 Å². The second-order valence-corrected chi connectivity index (χ2v) is 4.86. The fourth-order valence-corrected chi connectivity index (χ4v) is 2.37. The van der Waals surface area contributed by atoms with Gasteiger partial charge in [-0.25, -0.2) is 0 Å². The SMILES string of the molecule is N#Cc1ccc(C(=O)NCC2CN3C(=O)CC3O2)cc1. The first-order chi connectivity index (χ1) is 9.67. The summed E-state index contributed by atoms with van der Waals surface area (Å²) >= 11 is 0. The zero-order valence-corrected chi connectivity index (χ0v) is 10.7. The molecule has 1 N–H and O–H groups in total. The number of nitriles is 1. The van der Waals surface area contributed by atoms with Gasteiger partial charge in [-0.05, 0) is 24.3 Å². The van der Waals surface area contributed by atoms with Gasteiger partial charge in [0.2, 0.25) is 5.91 Å². The van der Waals surface area contributed by atoms with E-state index in [9.17, 15) is 9.59 Å². The molecule has 0 saturated carbocycles. The number of nitrogens with zero attached hydrogens (tertiary/aromatic N) is 2. The molecule has 1 aromatic carbocycles. The summed E-state index contributed by atoms with van der Waals surface area (Å²) in [5, 5.41) is 11.5. The molecule has 2 heterocycles. The van der Waals surface area contributed by atoms with Crippen molar-refractivity contribution in [2.24, 2.45) is 0 Å². The zero-order chi connectivity index (χ0) is 14.1. The van der Waals surface area contributed by atoms with E-state index in [0.717, 1.165) is 0 Å². The minimum Gasteiger partial charge on any atom is -0.351 e. The van der Waals surface area contributed by atoms with E-state index in [2.05, 4.69) is 5.32 Å². The van der Waals surface area contributed by atoms with Crippen molar-refractivity contribution in [2.75, 3.05) is 13.1 Å². The van der Waals surface area contributed by atoms with Crippen LogP contribution in [0.5, 0.6) is 0 Å². The Balaban J connectivity index is 1.52. The fraction of sp³-hybridized carbons (Fsp3) is 0.357. The number of fused-ring (bicyclic) bond motifs is 1. The molecule has 6 heteroatoms. The van der Waals surface area contributed by atoms with Crippen LogP contribution in [0.4, 0.5) is 0 Å². The lowest BCUT2D eigenvalue weighted by Crippen LogP contribution is -2.48. The maximum absolute atomic E-state index is 11.9. The van der Waals surface area contributed by atoms with Gasteiger partial charge in [-0.15, -0.1) is 0 Å². The van der Waals surface area contributed by atoms with Crippen molar-refractivity contribution in [3.63, 3.8) is 0 Å². The Morgan fingerprint density at radius 2 is 2.20 bits per heavy atom. The van der Waals surface area contributed by atoms with Crippen molar-refractivity contribution >= 4 is 11.8 Å². The minimum atomic E-state index is -0.210. The topological polar surface area (TPSA) is 82.4 Å². The lowest BCUT2D eigenvalue weighted by atomic mass is 10.1. The number of carbonyl (C=O) groups excluding carboxylic acids is 2. The molecule has 0 aliphatic carbocycles. The second kappa shape index (κ2) is 4.94. The highest BCUT2D eigenvalue weighted by atomic mass is 16.5. The highest BCUT2D eigenvalue weighted by Gasteiger charge is 2.45. The number of nitrogens with one attached hydrogen (secondary N) is 1. The Bertz CT molecular complexity index is 591. The Labute approximate surface area is 115 Å². The van der Waals surface area contributed by atoms with Gasteiger partial charge in [-0.2, -0.15) is 5.26 Å².